The van der Waals surface area contributed by atoms with Gasteiger partial charge in [0, 0.05) is 0 Å². The second kappa shape index (κ2) is 6.14. The highest BCUT2D eigenvalue weighted by molar-refractivity contribution is 5.17. The molecule has 0 saturated carbocycles. The molecule has 0 heterocycles. The maximum absolute atomic E-state index is 5.02. The van der Waals surface area contributed by atoms with Crippen molar-refractivity contribution in [2.24, 2.45) is 0 Å². The molecule has 0 bridgehead atoms. The van der Waals surface area contributed by atoms with E-state index in [2.05, 4.69) is 0 Å². The van der Waals surface area contributed by atoms with Gasteiger partial charge in [0.15, 0.2) is 0 Å². The van der Waals surface area contributed by atoms with Gasteiger partial charge in [0.25, 0.3) is 0 Å². The van der Waals surface area contributed by atoms with E-state index in [1.807, 2.05) is 44.2 Å². The van der Waals surface area contributed by atoms with Crippen molar-refractivity contribution in [2.45, 2.75) is 13.8 Å². The summed E-state index contributed by atoms with van der Waals surface area (Å²) in [6.45, 7) is 3.93. The van der Waals surface area contributed by atoms with Crippen LogP contribution in [0, 0.1) is 0 Å². The zero-order valence-electron chi connectivity index (χ0n) is 6.79. The van der Waals surface area contributed by atoms with Crippen molar-refractivity contribution in [3.63, 3.8) is 0 Å². The van der Waals surface area contributed by atoms with Crippen molar-refractivity contribution in [1.82, 2.24) is 0 Å². The summed E-state index contributed by atoms with van der Waals surface area (Å²) in [5.41, 5.74) is 0. The molecule has 0 aliphatic carbocycles. The molecule has 56 valence electrons. The molecule has 0 aromatic heterocycles. The fourth-order valence-electron chi connectivity index (χ4n) is 0.547. The molecule has 1 nitrogen and oxygen atoms in total. The van der Waals surface area contributed by atoms with Crippen molar-refractivity contribution in [1.29, 1.82) is 0 Å². The Morgan fingerprint density at radius 2 is 1.90 bits per heavy atom. The first-order valence-corrected chi connectivity index (χ1v) is 3.34. The number of hydrogen-bond donors (Lipinski definition) is 0. The lowest BCUT2D eigenvalue weighted by Crippen LogP contribution is -1.78. The number of hydrogen-bond acceptors (Lipinski definition) is 1. The van der Waals surface area contributed by atoms with E-state index in [1.54, 1.807) is 7.11 Å². The Hall–Kier alpha value is -0.980. The maximum Gasteiger partial charge on any atom is 0.118 e. The lowest BCUT2D eigenvalue weighted by molar-refractivity contribution is 0.307. The molecule has 0 aliphatic heterocycles. The zero-order valence-corrected chi connectivity index (χ0v) is 6.79. The maximum atomic E-state index is 5.02. The first-order valence-electron chi connectivity index (χ1n) is 3.34. The number of rotatable bonds is 3. The van der Waals surface area contributed by atoms with E-state index < -0.39 is 0 Å². The summed E-state index contributed by atoms with van der Waals surface area (Å²) in [4.78, 5) is 0. The number of ether oxygens (including phenoxy) is 1. The first kappa shape index (κ1) is 9.02. The molecule has 0 atom stereocenters. The van der Waals surface area contributed by atoms with Gasteiger partial charge in [-0.15, -0.1) is 0 Å². The molecule has 0 fully saturated rings. The largest absolute Gasteiger partial charge is 0.497 e. The topological polar surface area (TPSA) is 9.23 Å². The highest BCUT2D eigenvalue weighted by atomic mass is 16.5. The number of allylic oxidation sites excluding steroid dienone is 5. The fourth-order valence-corrected chi connectivity index (χ4v) is 0.547. The highest BCUT2D eigenvalue weighted by Crippen LogP contribution is 1.97. The van der Waals surface area contributed by atoms with E-state index in [-0.39, 0.29) is 0 Å². The third-order valence-corrected chi connectivity index (χ3v) is 1.02. The molecule has 10 heavy (non-hydrogen) atoms. The van der Waals surface area contributed by atoms with Gasteiger partial charge in [-0.05, 0) is 26.0 Å². The van der Waals surface area contributed by atoms with Gasteiger partial charge in [0.05, 0.1) is 7.11 Å². The van der Waals surface area contributed by atoms with Crippen LogP contribution in [-0.4, -0.2) is 7.11 Å². The van der Waals surface area contributed by atoms with Crippen LogP contribution in [0.3, 0.4) is 0 Å². The molecule has 0 spiro atoms. The summed E-state index contributed by atoms with van der Waals surface area (Å²) < 4.78 is 5.02. The molecule has 0 saturated heterocycles. The van der Waals surface area contributed by atoms with Crippen molar-refractivity contribution in [2.75, 3.05) is 7.11 Å². The standard InChI is InChI=1S/C9H14O/c1-4-6-8-9(10-3)7-5-2/h4-8H,1-3H3/b6-4-,7-5-,9-8+. The summed E-state index contributed by atoms with van der Waals surface area (Å²) in [6.07, 6.45) is 9.68. The fraction of sp³-hybridized carbons (Fsp3) is 0.333. The van der Waals surface area contributed by atoms with E-state index in [0.717, 1.165) is 5.76 Å². The minimum Gasteiger partial charge on any atom is -0.497 e. The average molecular weight is 138 g/mol. The van der Waals surface area contributed by atoms with Gasteiger partial charge in [-0.25, -0.2) is 0 Å². The third-order valence-electron chi connectivity index (χ3n) is 1.02. The summed E-state index contributed by atoms with van der Waals surface area (Å²) in [7, 11) is 1.66. The van der Waals surface area contributed by atoms with Gasteiger partial charge in [-0.1, -0.05) is 18.2 Å². The second-order valence-corrected chi connectivity index (χ2v) is 1.80. The Morgan fingerprint density at radius 1 is 1.20 bits per heavy atom. The summed E-state index contributed by atoms with van der Waals surface area (Å²) in [5.74, 6) is 0.876. The Bertz CT molecular complexity index is 152. The van der Waals surface area contributed by atoms with Crippen molar-refractivity contribution >= 4 is 0 Å². The minimum absolute atomic E-state index is 0.876. The molecule has 0 aromatic carbocycles. The van der Waals surface area contributed by atoms with Crippen LogP contribution in [0.25, 0.3) is 0 Å². The molecule has 0 amide bonds. The van der Waals surface area contributed by atoms with Crippen LogP contribution in [0.1, 0.15) is 13.8 Å². The van der Waals surface area contributed by atoms with Crippen LogP contribution in [0.2, 0.25) is 0 Å². The van der Waals surface area contributed by atoms with Gasteiger partial charge in [0.2, 0.25) is 0 Å². The second-order valence-electron chi connectivity index (χ2n) is 1.80. The SMILES string of the molecule is C\C=C/C=C(\C=C/C)OC. The quantitative estimate of drug-likeness (QED) is 0.430. The van der Waals surface area contributed by atoms with E-state index in [0.29, 0.717) is 0 Å². The van der Waals surface area contributed by atoms with Crippen LogP contribution in [0.4, 0.5) is 0 Å². The molecule has 0 N–H and O–H groups in total. The van der Waals surface area contributed by atoms with Gasteiger partial charge in [0.1, 0.15) is 5.76 Å². The van der Waals surface area contributed by atoms with Crippen LogP contribution in [0.15, 0.2) is 36.1 Å². The highest BCUT2D eigenvalue weighted by Gasteiger charge is 1.81. The number of methoxy groups -OCH3 is 1. The molecule has 0 unspecified atom stereocenters. The van der Waals surface area contributed by atoms with E-state index >= 15 is 0 Å². The Balaban J connectivity index is 4.04. The normalized spacial score (nSPS) is 13.3. The van der Waals surface area contributed by atoms with Crippen LogP contribution < -0.4 is 0 Å². The lowest BCUT2D eigenvalue weighted by atomic mass is 10.4. The van der Waals surface area contributed by atoms with E-state index in [1.165, 1.54) is 0 Å². The van der Waals surface area contributed by atoms with Gasteiger partial charge < -0.3 is 4.74 Å². The molecule has 0 aliphatic rings. The summed E-state index contributed by atoms with van der Waals surface area (Å²) >= 11 is 0. The van der Waals surface area contributed by atoms with E-state index in [9.17, 15) is 0 Å². The minimum atomic E-state index is 0.876. The Kier molecular flexibility index (Phi) is 5.54. The van der Waals surface area contributed by atoms with Crippen LogP contribution in [-0.2, 0) is 4.74 Å². The van der Waals surface area contributed by atoms with Crippen LogP contribution >= 0.6 is 0 Å². The van der Waals surface area contributed by atoms with Gasteiger partial charge >= 0.3 is 0 Å². The zero-order chi connectivity index (χ0) is 7.82. The predicted molar refractivity (Wildman–Crippen MR) is 44.7 cm³/mol. The molecular formula is C9H14O. The van der Waals surface area contributed by atoms with Gasteiger partial charge in [-0.2, -0.15) is 0 Å². The van der Waals surface area contributed by atoms with E-state index in [4.69, 9.17) is 4.74 Å². The van der Waals surface area contributed by atoms with Crippen molar-refractivity contribution in [3.8, 4) is 0 Å². The Morgan fingerprint density at radius 3 is 2.30 bits per heavy atom. The molecule has 0 rings (SSSR count). The van der Waals surface area contributed by atoms with Crippen molar-refractivity contribution in [3.05, 3.63) is 36.1 Å². The molecule has 0 radical (unpaired) electrons. The summed E-state index contributed by atoms with van der Waals surface area (Å²) in [6, 6.07) is 0. The monoisotopic (exact) mass is 138 g/mol. The lowest BCUT2D eigenvalue weighted by Gasteiger charge is -1.95. The van der Waals surface area contributed by atoms with Gasteiger partial charge in [-0.3, -0.25) is 0 Å². The average Bonchev–Trinajstić information content (AvgIpc) is 1.98. The predicted octanol–water partition coefficient (Wildman–Crippen LogP) is 2.67. The van der Waals surface area contributed by atoms with Crippen LogP contribution in [0.5, 0.6) is 0 Å². The Labute approximate surface area is 62.7 Å². The first-order chi connectivity index (χ1) is 4.85. The smallest absolute Gasteiger partial charge is 0.118 e. The molecule has 0 aromatic rings. The third kappa shape index (κ3) is 3.96. The molecule has 1 heteroatoms. The molecular weight excluding hydrogens is 124 g/mol. The summed E-state index contributed by atoms with van der Waals surface area (Å²) in [5, 5.41) is 0. The van der Waals surface area contributed by atoms with Crippen molar-refractivity contribution < 1.29 is 4.74 Å².